The summed E-state index contributed by atoms with van der Waals surface area (Å²) in [6, 6.07) is 6.92. The van der Waals surface area contributed by atoms with Crippen molar-refractivity contribution >= 4 is 29.0 Å². The minimum absolute atomic E-state index is 0.0333. The van der Waals surface area contributed by atoms with Gasteiger partial charge in [-0.2, -0.15) is 0 Å². The third-order valence-electron chi connectivity index (χ3n) is 5.20. The van der Waals surface area contributed by atoms with Gasteiger partial charge in [-0.1, -0.05) is 11.8 Å². The van der Waals surface area contributed by atoms with E-state index in [1.165, 1.54) is 48.1 Å². The maximum Gasteiger partial charge on any atom is 0.263 e. The normalized spacial score (nSPS) is 28.1. The minimum atomic E-state index is -0.254. The van der Waals surface area contributed by atoms with Gasteiger partial charge in [0.25, 0.3) is 5.91 Å². The van der Waals surface area contributed by atoms with Gasteiger partial charge < -0.3 is 5.32 Å². The zero-order valence-corrected chi connectivity index (χ0v) is 15.6. The number of rotatable bonds is 4. The van der Waals surface area contributed by atoms with Crippen LogP contribution in [0.4, 0.5) is 4.39 Å². The quantitative estimate of drug-likeness (QED) is 0.883. The number of amides is 1. The van der Waals surface area contributed by atoms with Crippen molar-refractivity contribution in [2.24, 2.45) is 5.92 Å². The van der Waals surface area contributed by atoms with Gasteiger partial charge in [0.05, 0.1) is 6.20 Å². The molecule has 2 aromatic rings. The zero-order valence-electron chi connectivity index (χ0n) is 13.9. The van der Waals surface area contributed by atoms with Gasteiger partial charge in [-0.15, -0.1) is 11.3 Å². The molecule has 1 N–H and O–H groups in total. The smallest absolute Gasteiger partial charge is 0.263 e. The minimum Gasteiger partial charge on any atom is -0.347 e. The van der Waals surface area contributed by atoms with E-state index in [2.05, 4.69) is 22.1 Å². The molecule has 1 aromatic carbocycles. The lowest BCUT2D eigenvalue weighted by Gasteiger charge is -2.49. The number of halogens is 1. The molecule has 1 aromatic heterocycles. The highest BCUT2D eigenvalue weighted by Gasteiger charge is 2.40. The molecule has 3 aliphatic rings. The van der Waals surface area contributed by atoms with Crippen LogP contribution in [0, 0.1) is 11.7 Å². The summed E-state index contributed by atoms with van der Waals surface area (Å²) in [6.45, 7) is 4.51. The van der Waals surface area contributed by atoms with Crippen LogP contribution in [0.1, 0.15) is 29.4 Å². The number of carbonyl (C=O) groups excluding carboxylic acids is 1. The summed E-state index contributed by atoms with van der Waals surface area (Å²) in [4.78, 5) is 21.0. The van der Waals surface area contributed by atoms with Gasteiger partial charge in [0.15, 0.2) is 4.34 Å². The molecule has 0 unspecified atom stereocenters. The number of piperidine rings is 3. The van der Waals surface area contributed by atoms with Gasteiger partial charge in [-0.25, -0.2) is 9.37 Å². The molecule has 0 radical (unpaired) electrons. The molecule has 3 aliphatic heterocycles. The Bertz CT molecular complexity index is 754. The van der Waals surface area contributed by atoms with E-state index in [-0.39, 0.29) is 17.8 Å². The number of carbonyl (C=O) groups is 1. The summed E-state index contributed by atoms with van der Waals surface area (Å²) in [5.41, 5.74) is 0. The average molecular weight is 378 g/mol. The van der Waals surface area contributed by atoms with Crippen molar-refractivity contribution in [3.8, 4) is 0 Å². The largest absolute Gasteiger partial charge is 0.347 e. The first-order chi connectivity index (χ1) is 12.1. The summed E-state index contributed by atoms with van der Waals surface area (Å²) < 4.78 is 13.8. The van der Waals surface area contributed by atoms with Crippen molar-refractivity contribution in [1.29, 1.82) is 0 Å². The fraction of sp³-hybridized carbons (Fsp3) is 0.444. The average Bonchev–Trinajstić information content (AvgIpc) is 3.09. The van der Waals surface area contributed by atoms with Crippen LogP contribution in [0.15, 0.2) is 39.7 Å². The third-order valence-corrected chi connectivity index (χ3v) is 7.28. The molecule has 2 atom stereocenters. The molecule has 1 amide bonds. The van der Waals surface area contributed by atoms with E-state index in [0.717, 1.165) is 22.3 Å². The molecule has 5 rings (SSSR count). The second-order valence-corrected chi connectivity index (χ2v) is 9.01. The number of aromatic nitrogens is 1. The summed E-state index contributed by atoms with van der Waals surface area (Å²) in [5, 5.41) is 3.23. The van der Waals surface area contributed by atoms with Crippen molar-refractivity contribution in [3.63, 3.8) is 0 Å². The SMILES string of the molecule is C[C@H]1[C@H](NC(=O)c2cnc(Sc3ccc(F)cc3)s2)C2CCN1CC2. The number of hydrogen-bond acceptors (Lipinski definition) is 5. The van der Waals surface area contributed by atoms with E-state index in [0.29, 0.717) is 16.8 Å². The zero-order chi connectivity index (χ0) is 17.4. The number of fused-ring (bicyclic) bond motifs is 3. The summed E-state index contributed by atoms with van der Waals surface area (Å²) in [6.07, 6.45) is 3.98. The van der Waals surface area contributed by atoms with Gasteiger partial charge in [-0.05, 0) is 63.0 Å². The maximum atomic E-state index is 13.0. The lowest BCUT2D eigenvalue weighted by molar-refractivity contribution is 0.0218. The Balaban J connectivity index is 1.41. The lowest BCUT2D eigenvalue weighted by atomic mass is 9.79. The Morgan fingerprint density at radius 2 is 2.04 bits per heavy atom. The monoisotopic (exact) mass is 377 g/mol. The molecular weight excluding hydrogens is 357 g/mol. The van der Waals surface area contributed by atoms with Crippen LogP contribution in [-0.2, 0) is 0 Å². The predicted octanol–water partition coefficient (Wildman–Crippen LogP) is 3.65. The van der Waals surface area contributed by atoms with Crippen molar-refractivity contribution in [2.75, 3.05) is 13.1 Å². The fourth-order valence-corrected chi connectivity index (χ4v) is 5.64. The molecule has 4 nitrogen and oxygen atoms in total. The Kier molecular flexibility index (Phi) is 4.80. The molecule has 25 heavy (non-hydrogen) atoms. The number of nitrogens with zero attached hydrogens (tertiary/aromatic N) is 2. The molecule has 3 saturated heterocycles. The Morgan fingerprint density at radius 3 is 2.72 bits per heavy atom. The van der Waals surface area contributed by atoms with Crippen molar-refractivity contribution in [3.05, 3.63) is 41.2 Å². The topological polar surface area (TPSA) is 45.2 Å². The third kappa shape index (κ3) is 3.59. The highest BCUT2D eigenvalue weighted by molar-refractivity contribution is 8.01. The van der Waals surface area contributed by atoms with Gasteiger partial charge >= 0.3 is 0 Å². The van der Waals surface area contributed by atoms with E-state index in [1.807, 2.05) is 0 Å². The molecular formula is C18H20FN3OS2. The number of thiazole rings is 1. The number of benzene rings is 1. The Morgan fingerprint density at radius 1 is 1.32 bits per heavy atom. The summed E-state index contributed by atoms with van der Waals surface area (Å²) in [5.74, 6) is 0.300. The second-order valence-electron chi connectivity index (χ2n) is 6.66. The van der Waals surface area contributed by atoms with E-state index in [4.69, 9.17) is 0 Å². The van der Waals surface area contributed by atoms with Crippen LogP contribution in [0.5, 0.6) is 0 Å². The molecule has 132 valence electrons. The molecule has 0 spiro atoms. The fourth-order valence-electron chi connectivity index (χ4n) is 3.78. The van der Waals surface area contributed by atoms with Crippen molar-refractivity contribution in [1.82, 2.24) is 15.2 Å². The van der Waals surface area contributed by atoms with Crippen LogP contribution in [0.3, 0.4) is 0 Å². The Hall–Kier alpha value is -1.44. The summed E-state index contributed by atoms with van der Waals surface area (Å²) in [7, 11) is 0. The summed E-state index contributed by atoms with van der Waals surface area (Å²) >= 11 is 2.83. The first-order valence-electron chi connectivity index (χ1n) is 8.54. The molecule has 0 saturated carbocycles. The second kappa shape index (κ2) is 7.05. The van der Waals surface area contributed by atoms with Gasteiger partial charge in [0.1, 0.15) is 10.7 Å². The van der Waals surface area contributed by atoms with Crippen LogP contribution in [-0.4, -0.2) is 41.0 Å². The van der Waals surface area contributed by atoms with Crippen molar-refractivity contribution in [2.45, 2.75) is 41.1 Å². The van der Waals surface area contributed by atoms with Crippen LogP contribution in [0.25, 0.3) is 0 Å². The van der Waals surface area contributed by atoms with E-state index in [9.17, 15) is 9.18 Å². The van der Waals surface area contributed by atoms with Crippen LogP contribution >= 0.6 is 23.1 Å². The van der Waals surface area contributed by atoms with Crippen LogP contribution in [0.2, 0.25) is 0 Å². The molecule has 0 aliphatic carbocycles. The highest BCUT2D eigenvalue weighted by Crippen LogP contribution is 2.34. The molecule has 2 bridgehead atoms. The van der Waals surface area contributed by atoms with Gasteiger partial charge in [0, 0.05) is 17.0 Å². The Labute approximate surface area is 154 Å². The highest BCUT2D eigenvalue weighted by atomic mass is 32.2. The van der Waals surface area contributed by atoms with Gasteiger partial charge in [0.2, 0.25) is 0 Å². The van der Waals surface area contributed by atoms with E-state index in [1.54, 1.807) is 18.3 Å². The first-order valence-corrected chi connectivity index (χ1v) is 10.2. The van der Waals surface area contributed by atoms with Crippen molar-refractivity contribution < 1.29 is 9.18 Å². The lowest BCUT2D eigenvalue weighted by Crippen LogP contribution is -2.62. The number of hydrogen-bond donors (Lipinski definition) is 1. The maximum absolute atomic E-state index is 13.0. The first kappa shape index (κ1) is 17.0. The van der Waals surface area contributed by atoms with E-state index < -0.39 is 0 Å². The van der Waals surface area contributed by atoms with Crippen LogP contribution < -0.4 is 5.32 Å². The van der Waals surface area contributed by atoms with Gasteiger partial charge in [-0.3, -0.25) is 9.69 Å². The van der Waals surface area contributed by atoms with E-state index >= 15 is 0 Å². The molecule has 4 heterocycles. The molecule has 7 heteroatoms. The standard InChI is InChI=1S/C18H20FN3OS2/c1-11-16(12-6-8-22(11)9-7-12)21-17(23)15-10-20-18(25-15)24-14-4-2-13(19)3-5-14/h2-5,10-12,16H,6-9H2,1H3,(H,21,23)/t11-,16-/m0/s1. The molecule has 3 fully saturated rings. The number of nitrogens with one attached hydrogen (secondary N) is 1. The predicted molar refractivity (Wildman–Crippen MR) is 97.7 cm³/mol.